The fourth-order valence-electron chi connectivity index (χ4n) is 3.04. The molecule has 0 unspecified atom stereocenters. The van der Waals surface area contributed by atoms with Crippen molar-refractivity contribution in [3.63, 3.8) is 0 Å². The molecule has 0 fully saturated rings. The summed E-state index contributed by atoms with van der Waals surface area (Å²) in [7, 11) is 0. The molecule has 0 heterocycles. The Labute approximate surface area is 181 Å². The van der Waals surface area contributed by atoms with E-state index in [-0.39, 0.29) is 17.8 Å². The number of nitrogens with one attached hydrogen (secondary N) is 2. The summed E-state index contributed by atoms with van der Waals surface area (Å²) in [6, 6.07) is 20.3. The molecule has 0 aliphatic carbocycles. The molecular weight excluding hydrogens is 393 g/mol. The molecule has 2 N–H and O–H groups in total. The maximum Gasteiger partial charge on any atom is 0.326 e. The number of carbonyl (C=O) groups excluding carboxylic acids is 2. The smallest absolute Gasteiger partial charge is 0.326 e. The zero-order valence-corrected chi connectivity index (χ0v) is 17.7. The molecule has 3 rings (SSSR count). The summed E-state index contributed by atoms with van der Waals surface area (Å²) in [6.07, 6.45) is 0.538. The van der Waals surface area contributed by atoms with Gasteiger partial charge in [-0.3, -0.25) is 9.69 Å². The highest BCUT2D eigenvalue weighted by atomic mass is 19.1. The molecule has 0 aromatic heterocycles. The summed E-state index contributed by atoms with van der Waals surface area (Å²) in [5.41, 5.74) is 4.04. The lowest BCUT2D eigenvalue weighted by molar-refractivity contribution is 0.0953. The molecule has 0 aliphatic heterocycles. The van der Waals surface area contributed by atoms with Crippen molar-refractivity contribution >= 4 is 23.3 Å². The van der Waals surface area contributed by atoms with Crippen LogP contribution in [0.3, 0.4) is 0 Å². The van der Waals surface area contributed by atoms with Gasteiger partial charge < -0.3 is 10.6 Å². The van der Waals surface area contributed by atoms with E-state index in [0.717, 1.165) is 11.1 Å². The summed E-state index contributed by atoms with van der Waals surface area (Å²) in [6.45, 7) is 4.70. The lowest BCUT2D eigenvalue weighted by Gasteiger charge is -2.23. The Morgan fingerprint density at radius 3 is 2.03 bits per heavy atom. The van der Waals surface area contributed by atoms with Gasteiger partial charge in [-0.2, -0.15) is 0 Å². The first-order chi connectivity index (χ1) is 14.9. The Kier molecular flexibility index (Phi) is 7.38. The third-order valence-electron chi connectivity index (χ3n) is 4.84. The third kappa shape index (κ3) is 6.40. The molecule has 31 heavy (non-hydrogen) atoms. The molecule has 0 spiro atoms. The standard InChI is InChI=1S/C25H26FN3O2/c1-18-4-8-20(9-5-18)24(30)27-16-3-17-29(23-14-10-21(26)11-15-23)25(31)28-22-12-6-19(2)7-13-22/h4-15H,3,16-17H2,1-2H3,(H,27,30)(H,28,31). The van der Waals surface area contributed by atoms with Crippen LogP contribution in [0.15, 0.2) is 72.8 Å². The first-order valence-corrected chi connectivity index (χ1v) is 10.2. The summed E-state index contributed by atoms with van der Waals surface area (Å²) in [4.78, 5) is 26.7. The van der Waals surface area contributed by atoms with Crippen LogP contribution in [0.1, 0.15) is 27.9 Å². The van der Waals surface area contributed by atoms with E-state index in [2.05, 4.69) is 10.6 Å². The van der Waals surface area contributed by atoms with E-state index in [9.17, 15) is 14.0 Å². The zero-order chi connectivity index (χ0) is 22.2. The van der Waals surface area contributed by atoms with Gasteiger partial charge in [0, 0.05) is 30.0 Å². The fourth-order valence-corrected chi connectivity index (χ4v) is 3.04. The SMILES string of the molecule is Cc1ccc(NC(=O)N(CCCNC(=O)c2ccc(C)cc2)c2ccc(F)cc2)cc1. The highest BCUT2D eigenvalue weighted by Gasteiger charge is 2.16. The zero-order valence-electron chi connectivity index (χ0n) is 17.7. The molecule has 0 saturated heterocycles. The second-order valence-electron chi connectivity index (χ2n) is 7.40. The van der Waals surface area contributed by atoms with E-state index in [0.29, 0.717) is 36.4 Å². The number of amides is 3. The highest BCUT2D eigenvalue weighted by Crippen LogP contribution is 2.18. The first-order valence-electron chi connectivity index (χ1n) is 10.2. The summed E-state index contributed by atoms with van der Waals surface area (Å²) in [5, 5.41) is 5.74. The lowest BCUT2D eigenvalue weighted by atomic mass is 10.1. The van der Waals surface area contributed by atoms with Crippen molar-refractivity contribution in [2.24, 2.45) is 0 Å². The molecule has 0 bridgehead atoms. The molecule has 6 heteroatoms. The van der Waals surface area contributed by atoms with Crippen LogP contribution < -0.4 is 15.5 Å². The molecule has 0 saturated carbocycles. The molecule has 3 aromatic carbocycles. The van der Waals surface area contributed by atoms with Crippen molar-refractivity contribution in [2.45, 2.75) is 20.3 Å². The molecular formula is C25H26FN3O2. The van der Waals surface area contributed by atoms with E-state index < -0.39 is 0 Å². The number of rotatable bonds is 7. The number of anilines is 2. The second kappa shape index (κ2) is 10.4. The van der Waals surface area contributed by atoms with E-state index >= 15 is 0 Å². The largest absolute Gasteiger partial charge is 0.352 e. The Bertz CT molecular complexity index is 1020. The fraction of sp³-hybridized carbons (Fsp3) is 0.200. The Hall–Kier alpha value is -3.67. The number of benzene rings is 3. The maximum atomic E-state index is 13.4. The van der Waals surface area contributed by atoms with Gasteiger partial charge in [0.05, 0.1) is 0 Å². The predicted octanol–water partition coefficient (Wildman–Crippen LogP) is 5.30. The monoisotopic (exact) mass is 419 g/mol. The topological polar surface area (TPSA) is 61.4 Å². The minimum absolute atomic E-state index is 0.155. The maximum absolute atomic E-state index is 13.4. The number of aryl methyl sites for hydroxylation is 2. The Morgan fingerprint density at radius 2 is 1.42 bits per heavy atom. The van der Waals surface area contributed by atoms with Crippen molar-refractivity contribution in [3.8, 4) is 0 Å². The molecule has 0 radical (unpaired) electrons. The third-order valence-corrected chi connectivity index (χ3v) is 4.84. The van der Waals surface area contributed by atoms with Gasteiger partial charge >= 0.3 is 6.03 Å². The number of nitrogens with zero attached hydrogens (tertiary/aromatic N) is 1. The average Bonchev–Trinajstić information content (AvgIpc) is 2.76. The number of halogens is 1. The molecule has 0 aliphatic rings. The van der Waals surface area contributed by atoms with Crippen LogP contribution in [0.25, 0.3) is 0 Å². The number of hydrogen-bond acceptors (Lipinski definition) is 2. The molecule has 3 amide bonds. The van der Waals surface area contributed by atoms with Crippen LogP contribution in [0.2, 0.25) is 0 Å². The summed E-state index contributed by atoms with van der Waals surface area (Å²) in [5.74, 6) is -0.523. The van der Waals surface area contributed by atoms with Gasteiger partial charge in [-0.25, -0.2) is 9.18 Å². The minimum atomic E-state index is -0.368. The van der Waals surface area contributed by atoms with Crippen LogP contribution in [0.4, 0.5) is 20.6 Å². The van der Waals surface area contributed by atoms with E-state index in [1.165, 1.54) is 17.0 Å². The van der Waals surface area contributed by atoms with Crippen LogP contribution in [-0.2, 0) is 0 Å². The van der Waals surface area contributed by atoms with Crippen LogP contribution >= 0.6 is 0 Å². The average molecular weight is 420 g/mol. The van der Waals surface area contributed by atoms with Gasteiger partial charge in [0.2, 0.25) is 0 Å². The minimum Gasteiger partial charge on any atom is -0.352 e. The van der Waals surface area contributed by atoms with Crippen molar-refractivity contribution < 1.29 is 14.0 Å². The number of urea groups is 1. The van der Waals surface area contributed by atoms with Gasteiger partial charge in [0.15, 0.2) is 0 Å². The molecule has 160 valence electrons. The Balaban J connectivity index is 1.61. The second-order valence-corrected chi connectivity index (χ2v) is 7.40. The van der Waals surface area contributed by atoms with Crippen molar-refractivity contribution in [1.29, 1.82) is 0 Å². The molecule has 5 nitrogen and oxygen atoms in total. The molecule has 3 aromatic rings. The van der Waals surface area contributed by atoms with Gasteiger partial charge in [0.1, 0.15) is 5.82 Å². The number of hydrogen-bond donors (Lipinski definition) is 2. The van der Waals surface area contributed by atoms with Gasteiger partial charge in [-0.15, -0.1) is 0 Å². The first kappa shape index (κ1) is 22.0. The van der Waals surface area contributed by atoms with Crippen LogP contribution in [-0.4, -0.2) is 25.0 Å². The van der Waals surface area contributed by atoms with Crippen molar-refractivity contribution in [1.82, 2.24) is 5.32 Å². The quantitative estimate of drug-likeness (QED) is 0.511. The highest BCUT2D eigenvalue weighted by molar-refractivity contribution is 6.01. The lowest BCUT2D eigenvalue weighted by Crippen LogP contribution is -2.37. The predicted molar refractivity (Wildman–Crippen MR) is 122 cm³/mol. The van der Waals surface area contributed by atoms with Gasteiger partial charge in [-0.1, -0.05) is 35.4 Å². The summed E-state index contributed by atoms with van der Waals surface area (Å²) >= 11 is 0. The van der Waals surface area contributed by atoms with Crippen molar-refractivity contribution in [2.75, 3.05) is 23.3 Å². The van der Waals surface area contributed by atoms with Crippen LogP contribution in [0.5, 0.6) is 0 Å². The van der Waals surface area contributed by atoms with E-state index in [1.807, 2.05) is 50.2 Å². The number of carbonyl (C=O) groups is 2. The normalized spacial score (nSPS) is 10.4. The Morgan fingerprint density at radius 1 is 0.839 bits per heavy atom. The summed E-state index contributed by atoms with van der Waals surface area (Å²) < 4.78 is 13.4. The molecule has 0 atom stereocenters. The van der Waals surface area contributed by atoms with Crippen molar-refractivity contribution in [3.05, 3.63) is 95.3 Å². The van der Waals surface area contributed by atoms with E-state index in [1.54, 1.807) is 24.3 Å². The van der Waals surface area contributed by atoms with Crippen LogP contribution in [0, 0.1) is 19.7 Å². The van der Waals surface area contributed by atoms with Gasteiger partial charge in [-0.05, 0) is 68.8 Å². The van der Waals surface area contributed by atoms with E-state index in [4.69, 9.17) is 0 Å². The van der Waals surface area contributed by atoms with Gasteiger partial charge in [0.25, 0.3) is 5.91 Å².